The highest BCUT2D eigenvalue weighted by Gasteiger charge is 2.43. The Morgan fingerprint density at radius 1 is 1.24 bits per heavy atom. The zero-order chi connectivity index (χ0) is 24.0. The van der Waals surface area contributed by atoms with Crippen LogP contribution < -0.4 is 4.90 Å². The largest absolute Gasteiger partial charge is 0.376 e. The van der Waals surface area contributed by atoms with Crippen LogP contribution in [0.2, 0.25) is 9.36 Å². The molecular weight excluding hydrogens is 537 g/mol. The summed E-state index contributed by atoms with van der Waals surface area (Å²) < 4.78 is 35.2. The van der Waals surface area contributed by atoms with Crippen LogP contribution in [0.1, 0.15) is 31.2 Å². The summed E-state index contributed by atoms with van der Waals surface area (Å²) >= 11 is 14.6. The predicted molar refractivity (Wildman–Crippen MR) is 137 cm³/mol. The zero-order valence-electron chi connectivity index (χ0n) is 18.4. The van der Waals surface area contributed by atoms with Gasteiger partial charge in [0.1, 0.15) is 10.3 Å². The summed E-state index contributed by atoms with van der Waals surface area (Å²) in [6.45, 7) is 3.21. The van der Waals surface area contributed by atoms with E-state index in [1.807, 2.05) is 19.1 Å². The molecule has 0 radical (unpaired) electrons. The predicted octanol–water partition coefficient (Wildman–Crippen LogP) is 5.34. The Hall–Kier alpha value is -1.27. The Balaban J connectivity index is 1.51. The molecule has 4 heterocycles. The number of benzene rings is 1. The molecule has 0 aliphatic carbocycles. The highest BCUT2D eigenvalue weighted by molar-refractivity contribution is 7.91. The molecule has 2 aromatic heterocycles. The summed E-state index contributed by atoms with van der Waals surface area (Å²) in [5.41, 5.74) is 1.72. The second-order valence-electron chi connectivity index (χ2n) is 8.48. The Morgan fingerprint density at radius 3 is 2.76 bits per heavy atom. The normalized spacial score (nSPS) is 21.5. The van der Waals surface area contributed by atoms with Crippen molar-refractivity contribution in [3.05, 3.63) is 39.2 Å². The second-order valence-corrected chi connectivity index (χ2v) is 13.8. The third-order valence-corrected chi connectivity index (χ3v) is 11.0. The van der Waals surface area contributed by atoms with Crippen LogP contribution in [-0.4, -0.2) is 55.5 Å². The average Bonchev–Trinajstić information content (AvgIpc) is 3.57. The van der Waals surface area contributed by atoms with Crippen molar-refractivity contribution in [2.75, 3.05) is 24.6 Å². The highest BCUT2D eigenvalue weighted by atomic mass is 35.5. The molecule has 0 N–H and O–H groups in total. The van der Waals surface area contributed by atoms with E-state index in [4.69, 9.17) is 32.9 Å². The molecule has 1 amide bonds. The lowest BCUT2D eigenvalue weighted by Gasteiger charge is -2.29. The van der Waals surface area contributed by atoms with Gasteiger partial charge in [-0.1, -0.05) is 34.5 Å². The SMILES string of the molecule is Cc1cc(Cl)cc2sc(N(CC3CCCO3)C(=O)C3CCCN3S(=O)(=O)c3ccc(Cl)s3)nc12. The summed E-state index contributed by atoms with van der Waals surface area (Å²) in [5.74, 6) is -0.276. The van der Waals surface area contributed by atoms with E-state index in [1.165, 1.54) is 21.7 Å². The number of thiazole rings is 1. The van der Waals surface area contributed by atoms with Crippen LogP contribution in [-0.2, 0) is 19.6 Å². The van der Waals surface area contributed by atoms with Crippen molar-refractivity contribution in [3.63, 3.8) is 0 Å². The number of anilines is 1. The van der Waals surface area contributed by atoms with Crippen LogP contribution in [0.5, 0.6) is 0 Å². The molecule has 3 aromatic rings. The van der Waals surface area contributed by atoms with E-state index < -0.39 is 16.1 Å². The smallest absolute Gasteiger partial charge is 0.253 e. The number of fused-ring (bicyclic) bond motifs is 1. The molecule has 34 heavy (non-hydrogen) atoms. The zero-order valence-corrected chi connectivity index (χ0v) is 22.3. The van der Waals surface area contributed by atoms with Crippen LogP contribution in [0.15, 0.2) is 28.5 Å². The maximum absolute atomic E-state index is 13.9. The van der Waals surface area contributed by atoms with E-state index in [1.54, 1.807) is 11.0 Å². The van der Waals surface area contributed by atoms with E-state index in [0.29, 0.717) is 40.5 Å². The first-order chi connectivity index (χ1) is 16.2. The summed E-state index contributed by atoms with van der Waals surface area (Å²) in [5, 5.41) is 1.14. The van der Waals surface area contributed by atoms with Gasteiger partial charge in [-0.15, -0.1) is 11.3 Å². The lowest BCUT2D eigenvalue weighted by molar-refractivity contribution is -0.122. The number of carbonyl (C=O) groups is 1. The summed E-state index contributed by atoms with van der Waals surface area (Å²) in [7, 11) is -3.84. The first kappa shape index (κ1) is 24.4. The molecule has 0 spiro atoms. The van der Waals surface area contributed by atoms with Crippen molar-refractivity contribution in [1.29, 1.82) is 0 Å². The number of sulfonamides is 1. The van der Waals surface area contributed by atoms with Gasteiger partial charge in [0.15, 0.2) is 5.13 Å². The van der Waals surface area contributed by atoms with Crippen molar-refractivity contribution in [2.24, 2.45) is 0 Å². The monoisotopic (exact) mass is 559 g/mol. The minimum atomic E-state index is -3.84. The number of rotatable bonds is 6. The molecule has 2 atom stereocenters. The number of ether oxygens (including phenoxy) is 1. The van der Waals surface area contributed by atoms with Gasteiger partial charge in [-0.2, -0.15) is 4.31 Å². The third kappa shape index (κ3) is 4.61. The van der Waals surface area contributed by atoms with E-state index in [-0.39, 0.29) is 22.8 Å². The number of aryl methyl sites for hydroxylation is 1. The van der Waals surface area contributed by atoms with Crippen LogP contribution in [0.25, 0.3) is 10.2 Å². The first-order valence-electron chi connectivity index (χ1n) is 11.0. The summed E-state index contributed by atoms with van der Waals surface area (Å²) in [4.78, 5) is 20.3. The fourth-order valence-electron chi connectivity index (χ4n) is 4.52. The lowest BCUT2D eigenvalue weighted by Crippen LogP contribution is -2.49. The van der Waals surface area contributed by atoms with Crippen LogP contribution >= 0.6 is 45.9 Å². The number of halogens is 2. The molecule has 2 saturated heterocycles. The van der Waals surface area contributed by atoms with Gasteiger partial charge in [-0.3, -0.25) is 9.69 Å². The Morgan fingerprint density at radius 2 is 2.06 bits per heavy atom. The van der Waals surface area contributed by atoms with E-state index in [2.05, 4.69) is 0 Å². The van der Waals surface area contributed by atoms with E-state index in [0.717, 1.165) is 40.0 Å². The van der Waals surface area contributed by atoms with Gasteiger partial charge in [-0.05, 0) is 62.4 Å². The average molecular weight is 561 g/mol. The van der Waals surface area contributed by atoms with Gasteiger partial charge in [0, 0.05) is 18.2 Å². The third-order valence-electron chi connectivity index (χ3n) is 6.15. The van der Waals surface area contributed by atoms with E-state index >= 15 is 0 Å². The minimum absolute atomic E-state index is 0.108. The Labute approximate surface area is 216 Å². The van der Waals surface area contributed by atoms with Gasteiger partial charge >= 0.3 is 0 Å². The maximum atomic E-state index is 13.9. The summed E-state index contributed by atoms with van der Waals surface area (Å²) in [6.07, 6.45) is 2.74. The number of nitrogens with zero attached hydrogens (tertiary/aromatic N) is 3. The lowest BCUT2D eigenvalue weighted by atomic mass is 10.2. The van der Waals surface area contributed by atoms with Gasteiger partial charge < -0.3 is 4.74 Å². The number of aromatic nitrogens is 1. The number of hydrogen-bond donors (Lipinski definition) is 0. The molecule has 182 valence electrons. The second kappa shape index (κ2) is 9.65. The first-order valence-corrected chi connectivity index (χ1v) is 14.8. The molecule has 2 unspecified atom stereocenters. The summed E-state index contributed by atoms with van der Waals surface area (Å²) in [6, 6.07) is 5.93. The number of thiophene rings is 1. The number of hydrogen-bond acceptors (Lipinski definition) is 7. The van der Waals surface area contributed by atoms with Gasteiger partial charge in [0.25, 0.3) is 10.0 Å². The van der Waals surface area contributed by atoms with Crippen molar-refractivity contribution in [1.82, 2.24) is 9.29 Å². The molecule has 12 heteroatoms. The molecule has 7 nitrogen and oxygen atoms in total. The topological polar surface area (TPSA) is 79.8 Å². The van der Waals surface area contributed by atoms with Crippen LogP contribution in [0.3, 0.4) is 0 Å². The van der Waals surface area contributed by atoms with E-state index in [9.17, 15) is 13.2 Å². The molecule has 2 fully saturated rings. The quantitative estimate of drug-likeness (QED) is 0.407. The number of carbonyl (C=O) groups excluding carboxylic acids is 1. The molecule has 2 aliphatic rings. The molecule has 0 bridgehead atoms. The fraction of sp³-hybridized carbons (Fsp3) is 0.455. The Kier molecular flexibility index (Phi) is 6.93. The maximum Gasteiger partial charge on any atom is 0.253 e. The van der Waals surface area contributed by atoms with Crippen molar-refractivity contribution in [3.8, 4) is 0 Å². The molecular formula is C22H23Cl2N3O4S3. The minimum Gasteiger partial charge on any atom is -0.376 e. The van der Waals surface area contributed by atoms with Crippen molar-refractivity contribution >= 4 is 77.2 Å². The molecule has 2 aliphatic heterocycles. The molecule has 0 saturated carbocycles. The Bertz CT molecular complexity index is 1330. The van der Waals surface area contributed by atoms with Crippen molar-refractivity contribution in [2.45, 2.75) is 49.0 Å². The molecule has 1 aromatic carbocycles. The fourth-order valence-corrected chi connectivity index (χ4v) is 9.22. The molecule has 5 rings (SSSR count). The van der Waals surface area contributed by atoms with Gasteiger partial charge in [0.2, 0.25) is 5.91 Å². The van der Waals surface area contributed by atoms with Crippen LogP contribution in [0.4, 0.5) is 5.13 Å². The van der Waals surface area contributed by atoms with Gasteiger partial charge in [0.05, 0.1) is 27.2 Å². The van der Waals surface area contributed by atoms with Crippen LogP contribution in [0, 0.1) is 6.92 Å². The van der Waals surface area contributed by atoms with Crippen molar-refractivity contribution < 1.29 is 17.9 Å². The van der Waals surface area contributed by atoms with Gasteiger partial charge in [-0.25, -0.2) is 13.4 Å². The standard InChI is InChI=1S/C22H23Cl2N3O4S3/c1-13-10-14(23)11-17-20(13)25-22(32-17)26(12-15-4-3-9-31-15)21(28)16-5-2-8-27(16)34(29,30)19-7-6-18(24)33-19/h6-7,10-11,15-16H,2-5,8-9,12H2,1H3. The highest BCUT2D eigenvalue weighted by Crippen LogP contribution is 2.37. The number of amides is 1.